The van der Waals surface area contributed by atoms with Gasteiger partial charge in [-0.05, 0) is 12.8 Å². The van der Waals surface area contributed by atoms with Crippen molar-refractivity contribution in [2.45, 2.75) is 51.6 Å². The van der Waals surface area contributed by atoms with Crippen molar-refractivity contribution in [3.8, 4) is 0 Å². The Morgan fingerprint density at radius 3 is 2.25 bits per heavy atom. The maximum absolute atomic E-state index is 11.9. The van der Waals surface area contributed by atoms with Gasteiger partial charge >= 0.3 is 5.97 Å². The molecule has 20 heavy (non-hydrogen) atoms. The fourth-order valence-corrected chi connectivity index (χ4v) is 2.44. The van der Waals surface area contributed by atoms with E-state index in [2.05, 4.69) is 5.32 Å². The van der Waals surface area contributed by atoms with Gasteiger partial charge in [0.15, 0.2) is 0 Å². The highest BCUT2D eigenvalue weighted by atomic mass is 16.5. The van der Waals surface area contributed by atoms with Crippen LogP contribution >= 0.6 is 0 Å². The van der Waals surface area contributed by atoms with Crippen molar-refractivity contribution in [3.05, 3.63) is 0 Å². The summed E-state index contributed by atoms with van der Waals surface area (Å²) in [7, 11) is 0. The average molecular weight is 287 g/mol. The first-order valence-electron chi connectivity index (χ1n) is 7.18. The van der Waals surface area contributed by atoms with Crippen LogP contribution in [0.3, 0.4) is 0 Å². The van der Waals surface area contributed by atoms with E-state index >= 15 is 0 Å². The zero-order chi connectivity index (χ0) is 15.2. The average Bonchev–Trinajstić information content (AvgIpc) is 2.43. The molecule has 3 N–H and O–H groups in total. The van der Waals surface area contributed by atoms with Crippen LogP contribution in [0.2, 0.25) is 0 Å². The zero-order valence-electron chi connectivity index (χ0n) is 12.3. The number of carboxylic acid groups (broad SMARTS) is 1. The fraction of sp³-hybridized carbons (Fsp3) is 0.857. The molecule has 0 aromatic heterocycles. The molecule has 116 valence electrons. The molecule has 0 unspecified atom stereocenters. The zero-order valence-corrected chi connectivity index (χ0v) is 12.3. The molecule has 1 rings (SSSR count). The standard InChI is InChI=1S/C14H25NO5/c1-3-13(4-2,12(17)18)9-11(16)15-10-14(19)5-7-20-8-6-14/h19H,3-10H2,1-2H3,(H,15,16)(H,17,18). The van der Waals surface area contributed by atoms with E-state index in [0.717, 1.165) is 0 Å². The molecule has 0 atom stereocenters. The van der Waals surface area contributed by atoms with Gasteiger partial charge in [0.05, 0.1) is 11.0 Å². The summed E-state index contributed by atoms with van der Waals surface area (Å²) in [6.07, 6.45) is 1.73. The van der Waals surface area contributed by atoms with Crippen LogP contribution in [-0.2, 0) is 14.3 Å². The summed E-state index contributed by atoms with van der Waals surface area (Å²) in [6, 6.07) is 0. The highest BCUT2D eigenvalue weighted by Gasteiger charge is 2.38. The van der Waals surface area contributed by atoms with Crippen molar-refractivity contribution < 1.29 is 24.5 Å². The summed E-state index contributed by atoms with van der Waals surface area (Å²) in [5.74, 6) is -1.27. The minimum Gasteiger partial charge on any atom is -0.481 e. The van der Waals surface area contributed by atoms with Gasteiger partial charge in [-0.2, -0.15) is 0 Å². The van der Waals surface area contributed by atoms with E-state index in [9.17, 15) is 19.8 Å². The highest BCUT2D eigenvalue weighted by molar-refractivity contribution is 5.84. The van der Waals surface area contributed by atoms with Gasteiger partial charge in [0.25, 0.3) is 0 Å². The molecule has 1 saturated heterocycles. The Balaban J connectivity index is 2.52. The summed E-state index contributed by atoms with van der Waals surface area (Å²) >= 11 is 0. The van der Waals surface area contributed by atoms with Crippen molar-refractivity contribution in [1.82, 2.24) is 5.32 Å². The van der Waals surface area contributed by atoms with Gasteiger partial charge in [0.2, 0.25) is 5.91 Å². The molecule has 0 aromatic carbocycles. The van der Waals surface area contributed by atoms with Crippen LogP contribution in [0.4, 0.5) is 0 Å². The largest absolute Gasteiger partial charge is 0.481 e. The van der Waals surface area contributed by atoms with E-state index in [1.165, 1.54) is 0 Å². The highest BCUT2D eigenvalue weighted by Crippen LogP contribution is 2.31. The van der Waals surface area contributed by atoms with Gasteiger partial charge in [-0.25, -0.2) is 0 Å². The molecule has 0 radical (unpaired) electrons. The summed E-state index contributed by atoms with van der Waals surface area (Å²) in [6.45, 7) is 4.66. The lowest BCUT2D eigenvalue weighted by molar-refractivity contribution is -0.152. The lowest BCUT2D eigenvalue weighted by Gasteiger charge is -2.33. The predicted molar refractivity (Wildman–Crippen MR) is 73.3 cm³/mol. The van der Waals surface area contributed by atoms with Crippen molar-refractivity contribution in [2.24, 2.45) is 5.41 Å². The minimum absolute atomic E-state index is 0.0537. The molecule has 0 aliphatic carbocycles. The van der Waals surface area contributed by atoms with E-state index in [-0.39, 0.29) is 18.9 Å². The number of carbonyl (C=O) groups is 2. The number of amides is 1. The van der Waals surface area contributed by atoms with E-state index in [1.807, 2.05) is 0 Å². The molecule has 1 fully saturated rings. The summed E-state index contributed by atoms with van der Waals surface area (Å²) in [4.78, 5) is 23.3. The number of hydrogen-bond donors (Lipinski definition) is 3. The third-order valence-electron chi connectivity index (χ3n) is 4.34. The molecule has 0 bridgehead atoms. The van der Waals surface area contributed by atoms with E-state index < -0.39 is 17.0 Å². The fourth-order valence-electron chi connectivity index (χ4n) is 2.44. The van der Waals surface area contributed by atoms with Crippen LogP contribution in [0.15, 0.2) is 0 Å². The molecule has 0 aromatic rings. The first kappa shape index (κ1) is 16.9. The molecule has 0 spiro atoms. The first-order chi connectivity index (χ1) is 9.37. The third kappa shape index (κ3) is 4.18. The van der Waals surface area contributed by atoms with Crippen LogP contribution in [-0.4, -0.2) is 47.4 Å². The molecule has 1 amide bonds. The van der Waals surface area contributed by atoms with Crippen LogP contribution < -0.4 is 5.32 Å². The Bertz CT molecular complexity index is 345. The van der Waals surface area contributed by atoms with Gasteiger partial charge in [0.1, 0.15) is 0 Å². The molecule has 1 aliphatic heterocycles. The van der Waals surface area contributed by atoms with E-state index in [4.69, 9.17) is 4.74 Å². The molecule has 1 aliphatic rings. The second kappa shape index (κ2) is 7.04. The van der Waals surface area contributed by atoms with Crippen molar-refractivity contribution in [2.75, 3.05) is 19.8 Å². The second-order valence-electron chi connectivity index (χ2n) is 5.58. The maximum atomic E-state index is 11.9. The van der Waals surface area contributed by atoms with Gasteiger partial charge in [-0.15, -0.1) is 0 Å². The molecule has 0 saturated carbocycles. The van der Waals surface area contributed by atoms with Crippen molar-refractivity contribution in [3.63, 3.8) is 0 Å². The Labute approximate surface area is 119 Å². The Morgan fingerprint density at radius 2 is 1.80 bits per heavy atom. The monoisotopic (exact) mass is 287 g/mol. The summed E-state index contributed by atoms with van der Waals surface area (Å²) in [5.41, 5.74) is -1.94. The number of carboxylic acids is 1. The SMILES string of the molecule is CCC(CC)(CC(=O)NCC1(O)CCOCC1)C(=O)O. The number of aliphatic carboxylic acids is 1. The molecule has 6 nitrogen and oxygen atoms in total. The van der Waals surface area contributed by atoms with Crippen molar-refractivity contribution in [1.29, 1.82) is 0 Å². The predicted octanol–water partition coefficient (Wildman–Crippen LogP) is 0.925. The normalized spacial score (nSPS) is 18.6. The summed E-state index contributed by atoms with van der Waals surface area (Å²) < 4.78 is 5.17. The van der Waals surface area contributed by atoms with Gasteiger partial charge in [-0.1, -0.05) is 13.8 Å². The Morgan fingerprint density at radius 1 is 1.25 bits per heavy atom. The quantitative estimate of drug-likeness (QED) is 0.647. The number of ether oxygens (including phenoxy) is 1. The first-order valence-corrected chi connectivity index (χ1v) is 7.18. The molecule has 6 heteroatoms. The molecular weight excluding hydrogens is 262 g/mol. The number of hydrogen-bond acceptors (Lipinski definition) is 4. The lowest BCUT2D eigenvalue weighted by Crippen LogP contribution is -2.47. The van der Waals surface area contributed by atoms with E-state index in [1.54, 1.807) is 13.8 Å². The molecular formula is C14H25NO5. The van der Waals surface area contributed by atoms with Gasteiger partial charge < -0.3 is 20.3 Å². The Hall–Kier alpha value is -1.14. The van der Waals surface area contributed by atoms with Crippen LogP contribution in [0.1, 0.15) is 46.0 Å². The topological polar surface area (TPSA) is 95.9 Å². The number of aliphatic hydroxyl groups is 1. The lowest BCUT2D eigenvalue weighted by atomic mass is 9.79. The number of rotatable bonds is 7. The van der Waals surface area contributed by atoms with Crippen LogP contribution in [0.5, 0.6) is 0 Å². The summed E-state index contributed by atoms with van der Waals surface area (Å²) in [5, 5.41) is 22.2. The number of nitrogens with one attached hydrogen (secondary N) is 1. The van der Waals surface area contributed by atoms with Gasteiger partial charge in [-0.3, -0.25) is 9.59 Å². The smallest absolute Gasteiger partial charge is 0.310 e. The number of carbonyl (C=O) groups excluding carboxylic acids is 1. The van der Waals surface area contributed by atoms with Crippen LogP contribution in [0, 0.1) is 5.41 Å². The minimum atomic E-state index is -1.01. The third-order valence-corrected chi connectivity index (χ3v) is 4.34. The molecule has 1 heterocycles. The van der Waals surface area contributed by atoms with E-state index in [0.29, 0.717) is 38.9 Å². The van der Waals surface area contributed by atoms with Crippen LogP contribution in [0.25, 0.3) is 0 Å². The van der Waals surface area contributed by atoms with Gasteiger partial charge in [0, 0.05) is 39.0 Å². The maximum Gasteiger partial charge on any atom is 0.310 e. The Kier molecular flexibility index (Phi) is 5.95. The second-order valence-corrected chi connectivity index (χ2v) is 5.58. The van der Waals surface area contributed by atoms with Crippen molar-refractivity contribution >= 4 is 11.9 Å².